The Balaban J connectivity index is 1.39. The highest BCUT2D eigenvalue weighted by molar-refractivity contribution is 7.99. The molecule has 0 atom stereocenters. The van der Waals surface area contributed by atoms with Crippen LogP contribution in [0.25, 0.3) is 0 Å². The molecule has 2 heterocycles. The quantitative estimate of drug-likeness (QED) is 0.461. The van der Waals surface area contributed by atoms with Gasteiger partial charge in [0.05, 0.1) is 18.6 Å². The molecule has 0 radical (unpaired) electrons. The molecule has 178 valence electrons. The summed E-state index contributed by atoms with van der Waals surface area (Å²) in [6.07, 6.45) is 4.67. The van der Waals surface area contributed by atoms with Crippen molar-refractivity contribution in [1.29, 1.82) is 0 Å². The summed E-state index contributed by atoms with van der Waals surface area (Å²) in [6, 6.07) is 7.83. The Morgan fingerprint density at radius 2 is 1.91 bits per heavy atom. The van der Waals surface area contributed by atoms with Gasteiger partial charge in [-0.25, -0.2) is 9.47 Å². The minimum absolute atomic E-state index is 0.0514. The molecular formula is C24H33N5O3S. The topological polar surface area (TPSA) is 79.7 Å². The number of rotatable bonds is 8. The molecule has 0 saturated carbocycles. The highest BCUT2D eigenvalue weighted by atomic mass is 32.2. The molecule has 9 heteroatoms. The van der Waals surface area contributed by atoms with Crippen molar-refractivity contribution in [1.82, 2.24) is 19.9 Å². The minimum atomic E-state index is -0.223. The Morgan fingerprint density at radius 3 is 2.70 bits per heavy atom. The number of likely N-dealkylation sites (N-methyl/N-ethyl adjacent to an activating group) is 1. The van der Waals surface area contributed by atoms with Crippen LogP contribution in [0.3, 0.4) is 0 Å². The third-order valence-electron chi connectivity index (χ3n) is 6.34. The number of carbonyl (C=O) groups excluding carboxylic acids is 1. The van der Waals surface area contributed by atoms with Crippen LogP contribution in [0.15, 0.2) is 34.1 Å². The number of benzene rings is 1. The first-order valence-electron chi connectivity index (χ1n) is 11.7. The molecule has 0 unspecified atom stereocenters. The number of thioether (sulfide) groups is 1. The van der Waals surface area contributed by atoms with Crippen LogP contribution in [0.2, 0.25) is 0 Å². The fourth-order valence-electron chi connectivity index (χ4n) is 4.51. The number of carbonyl (C=O) groups is 1. The number of para-hydroxylation sites is 1. The van der Waals surface area contributed by atoms with Crippen LogP contribution in [0.4, 0.5) is 0 Å². The van der Waals surface area contributed by atoms with Gasteiger partial charge in [0.25, 0.3) is 0 Å². The summed E-state index contributed by atoms with van der Waals surface area (Å²) < 4.78 is 7.19. The molecule has 1 saturated heterocycles. The van der Waals surface area contributed by atoms with Crippen LogP contribution in [-0.4, -0.2) is 73.1 Å². The summed E-state index contributed by atoms with van der Waals surface area (Å²) >= 11 is 1.38. The van der Waals surface area contributed by atoms with Gasteiger partial charge in [-0.3, -0.25) is 4.79 Å². The minimum Gasteiger partial charge on any atom is -0.496 e. The van der Waals surface area contributed by atoms with E-state index >= 15 is 0 Å². The predicted molar refractivity (Wildman–Crippen MR) is 131 cm³/mol. The van der Waals surface area contributed by atoms with Crippen molar-refractivity contribution in [2.24, 2.45) is 0 Å². The van der Waals surface area contributed by atoms with E-state index in [2.05, 4.69) is 27.3 Å². The van der Waals surface area contributed by atoms with Gasteiger partial charge in [0.15, 0.2) is 0 Å². The lowest BCUT2D eigenvalue weighted by Crippen LogP contribution is -2.55. The second-order valence-electron chi connectivity index (χ2n) is 8.60. The Kier molecular flexibility index (Phi) is 7.93. The van der Waals surface area contributed by atoms with Gasteiger partial charge in [0.2, 0.25) is 5.91 Å². The van der Waals surface area contributed by atoms with Crippen molar-refractivity contribution in [3.8, 4) is 5.75 Å². The number of amides is 1. The van der Waals surface area contributed by atoms with Gasteiger partial charge in [0, 0.05) is 38.3 Å². The van der Waals surface area contributed by atoms with Crippen molar-refractivity contribution in [2.45, 2.75) is 37.1 Å². The molecule has 1 fully saturated rings. The number of methoxy groups -OCH3 is 1. The lowest BCUT2D eigenvalue weighted by molar-refractivity contribution is -0.118. The second-order valence-corrected chi connectivity index (χ2v) is 9.57. The molecule has 1 aromatic carbocycles. The third-order valence-corrected chi connectivity index (χ3v) is 7.36. The molecular weight excluding hydrogens is 438 g/mol. The fourth-order valence-corrected chi connectivity index (χ4v) is 5.42. The van der Waals surface area contributed by atoms with Crippen LogP contribution in [0.1, 0.15) is 29.7 Å². The van der Waals surface area contributed by atoms with Gasteiger partial charge in [0.1, 0.15) is 10.8 Å². The number of ether oxygens (including phenoxy) is 1. The highest BCUT2D eigenvalue weighted by Crippen LogP contribution is 2.28. The van der Waals surface area contributed by atoms with Crippen molar-refractivity contribution >= 4 is 17.7 Å². The highest BCUT2D eigenvalue weighted by Gasteiger charge is 2.25. The van der Waals surface area contributed by atoms with Crippen LogP contribution in [-0.2, 0) is 24.1 Å². The fraction of sp³-hybridized carbons (Fsp3) is 0.542. The van der Waals surface area contributed by atoms with Crippen molar-refractivity contribution in [2.75, 3.05) is 57.6 Å². The first kappa shape index (κ1) is 23.6. The third kappa shape index (κ3) is 5.70. The maximum Gasteiger partial charge on any atom is 0.367 e. The average molecular weight is 472 g/mol. The van der Waals surface area contributed by atoms with Gasteiger partial charge in [-0.15, -0.1) is 0 Å². The van der Waals surface area contributed by atoms with Crippen molar-refractivity contribution < 1.29 is 9.53 Å². The lowest BCUT2D eigenvalue weighted by Gasteiger charge is -2.37. The number of piperazine rings is 1. The number of aromatic nitrogens is 2. The molecule has 2 aromatic rings. The molecule has 2 aliphatic rings. The van der Waals surface area contributed by atoms with E-state index in [4.69, 9.17) is 4.74 Å². The monoisotopic (exact) mass is 471 g/mol. The normalized spacial score (nSPS) is 16.4. The summed E-state index contributed by atoms with van der Waals surface area (Å²) in [6.45, 7) is 4.06. The first-order valence-corrected chi connectivity index (χ1v) is 12.7. The predicted octanol–water partition coefficient (Wildman–Crippen LogP) is 1.47. The Labute approximate surface area is 199 Å². The van der Waals surface area contributed by atoms with Gasteiger partial charge in [-0.2, -0.15) is 4.98 Å². The molecule has 1 aromatic heterocycles. The van der Waals surface area contributed by atoms with Gasteiger partial charge < -0.3 is 20.0 Å². The van der Waals surface area contributed by atoms with E-state index in [1.54, 1.807) is 7.11 Å². The number of hydrogen-bond acceptors (Lipinski definition) is 7. The Hall–Kier alpha value is -2.52. The van der Waals surface area contributed by atoms with E-state index in [1.165, 1.54) is 11.8 Å². The zero-order valence-corrected chi connectivity index (χ0v) is 20.3. The SMILES string of the molecule is COc1ccccc1CCNC(=O)CSc1nc(=O)n(N2CCN(C)CC2)c2c1CCCC2. The van der Waals surface area contributed by atoms with E-state index in [1.807, 2.05) is 28.9 Å². The van der Waals surface area contributed by atoms with Crippen LogP contribution < -0.4 is 20.8 Å². The van der Waals surface area contributed by atoms with Gasteiger partial charge in [-0.05, 0) is 50.8 Å². The van der Waals surface area contributed by atoms with Crippen LogP contribution >= 0.6 is 11.8 Å². The van der Waals surface area contributed by atoms with E-state index in [9.17, 15) is 9.59 Å². The summed E-state index contributed by atoms with van der Waals surface area (Å²) in [5, 5.41) is 5.83. The summed E-state index contributed by atoms with van der Waals surface area (Å²) in [5.41, 5.74) is 3.08. The molecule has 1 aliphatic carbocycles. The van der Waals surface area contributed by atoms with Crippen LogP contribution in [0.5, 0.6) is 5.75 Å². The number of fused-ring (bicyclic) bond motifs is 1. The molecule has 1 N–H and O–H groups in total. The molecule has 1 aliphatic heterocycles. The van der Waals surface area contributed by atoms with E-state index in [0.29, 0.717) is 13.0 Å². The molecule has 8 nitrogen and oxygen atoms in total. The second kappa shape index (κ2) is 11.1. The molecule has 1 amide bonds. The lowest BCUT2D eigenvalue weighted by atomic mass is 9.97. The zero-order valence-electron chi connectivity index (χ0n) is 19.5. The molecule has 0 bridgehead atoms. The maximum atomic E-state index is 13.0. The Morgan fingerprint density at radius 1 is 1.15 bits per heavy atom. The maximum absolute atomic E-state index is 13.0. The number of nitrogens with one attached hydrogen (secondary N) is 1. The van der Waals surface area contributed by atoms with Crippen molar-refractivity contribution in [3.05, 3.63) is 51.6 Å². The van der Waals surface area contributed by atoms with Crippen molar-refractivity contribution in [3.63, 3.8) is 0 Å². The smallest absolute Gasteiger partial charge is 0.367 e. The van der Waals surface area contributed by atoms with E-state index in [0.717, 1.165) is 79.5 Å². The van der Waals surface area contributed by atoms with Gasteiger partial charge in [-0.1, -0.05) is 30.0 Å². The molecule has 0 spiro atoms. The number of hydrogen-bond donors (Lipinski definition) is 1. The van der Waals surface area contributed by atoms with Crippen LogP contribution in [0, 0.1) is 0 Å². The van der Waals surface area contributed by atoms with E-state index in [-0.39, 0.29) is 17.3 Å². The number of nitrogens with zero attached hydrogens (tertiary/aromatic N) is 4. The standard InChI is InChI=1S/C24H33N5O3S/c1-27-13-15-28(16-14-27)29-20-9-5-4-8-19(20)23(26-24(29)31)33-17-22(30)25-12-11-18-7-3-6-10-21(18)32-2/h3,6-7,10H,4-5,8-9,11-17H2,1-2H3,(H,25,30). The molecule has 4 rings (SSSR count). The summed E-state index contributed by atoms with van der Waals surface area (Å²) in [7, 11) is 3.76. The largest absolute Gasteiger partial charge is 0.496 e. The average Bonchev–Trinajstić information content (AvgIpc) is 2.84. The summed E-state index contributed by atoms with van der Waals surface area (Å²) in [4.78, 5) is 32.2. The Bertz CT molecular complexity index is 1030. The van der Waals surface area contributed by atoms with E-state index < -0.39 is 0 Å². The summed E-state index contributed by atoms with van der Waals surface area (Å²) in [5.74, 6) is 1.03. The first-order chi connectivity index (χ1) is 16.1. The van der Waals surface area contributed by atoms with Gasteiger partial charge >= 0.3 is 5.69 Å². The zero-order chi connectivity index (χ0) is 23.2. The molecule has 33 heavy (non-hydrogen) atoms.